The van der Waals surface area contributed by atoms with Crippen LogP contribution in [0, 0.1) is 0 Å². The van der Waals surface area contributed by atoms with Gasteiger partial charge in [-0.05, 0) is 50.1 Å². The van der Waals surface area contributed by atoms with E-state index in [1.807, 2.05) is 27.7 Å². The van der Waals surface area contributed by atoms with Crippen molar-refractivity contribution in [2.45, 2.75) is 45.4 Å². The van der Waals surface area contributed by atoms with E-state index in [-0.39, 0.29) is 5.54 Å². The number of hydrogen-bond donors (Lipinski definition) is 2. The highest BCUT2D eigenvalue weighted by atomic mass is 32.1. The van der Waals surface area contributed by atoms with Crippen LogP contribution in [0.3, 0.4) is 0 Å². The summed E-state index contributed by atoms with van der Waals surface area (Å²) in [5.74, 6) is 0. The highest BCUT2D eigenvalue weighted by Gasteiger charge is 2.34. The van der Waals surface area contributed by atoms with E-state index in [2.05, 4.69) is 35.0 Å². The first-order valence-electron chi connectivity index (χ1n) is 6.24. The first-order chi connectivity index (χ1) is 8.31. The summed E-state index contributed by atoms with van der Waals surface area (Å²) in [6.07, 6.45) is 0. The van der Waals surface area contributed by atoms with Gasteiger partial charge < -0.3 is 10.4 Å². The highest BCUT2D eigenvalue weighted by molar-refractivity contribution is 7.17. The predicted molar refractivity (Wildman–Crippen MR) is 79.0 cm³/mol. The summed E-state index contributed by atoms with van der Waals surface area (Å²) >= 11 is 1.77. The molecule has 3 heteroatoms. The monoisotopic (exact) mass is 263 g/mol. The molecule has 0 unspecified atom stereocenters. The van der Waals surface area contributed by atoms with Crippen molar-refractivity contribution in [3.05, 3.63) is 35.2 Å². The number of thiophene rings is 1. The van der Waals surface area contributed by atoms with Crippen LogP contribution in [-0.2, 0) is 6.54 Å². The van der Waals surface area contributed by atoms with Gasteiger partial charge in [0, 0.05) is 16.8 Å². The first kappa shape index (κ1) is 13.5. The summed E-state index contributed by atoms with van der Waals surface area (Å²) < 4.78 is 1.32. The second-order valence-electron chi connectivity index (χ2n) is 5.79. The van der Waals surface area contributed by atoms with Gasteiger partial charge in [-0.25, -0.2) is 0 Å². The van der Waals surface area contributed by atoms with Gasteiger partial charge in [0.1, 0.15) is 0 Å². The van der Waals surface area contributed by atoms with Gasteiger partial charge >= 0.3 is 0 Å². The molecule has 2 aromatic rings. The lowest BCUT2D eigenvalue weighted by atomic mass is 9.86. The molecule has 0 amide bonds. The van der Waals surface area contributed by atoms with E-state index in [9.17, 15) is 5.11 Å². The topological polar surface area (TPSA) is 32.3 Å². The van der Waals surface area contributed by atoms with Gasteiger partial charge in [0.05, 0.1) is 5.60 Å². The van der Waals surface area contributed by atoms with E-state index < -0.39 is 5.60 Å². The second-order valence-corrected chi connectivity index (χ2v) is 6.71. The molecule has 1 aromatic heterocycles. The summed E-state index contributed by atoms with van der Waals surface area (Å²) in [6, 6.07) is 8.43. The molecule has 0 bridgehead atoms. The van der Waals surface area contributed by atoms with Gasteiger partial charge in [0.25, 0.3) is 0 Å². The van der Waals surface area contributed by atoms with Gasteiger partial charge in [-0.15, -0.1) is 11.3 Å². The van der Waals surface area contributed by atoms with Crippen LogP contribution >= 0.6 is 11.3 Å². The van der Waals surface area contributed by atoms with Gasteiger partial charge in [0.15, 0.2) is 0 Å². The Morgan fingerprint density at radius 3 is 2.50 bits per heavy atom. The number of fused-ring (bicyclic) bond motifs is 1. The van der Waals surface area contributed by atoms with Gasteiger partial charge in [0.2, 0.25) is 0 Å². The minimum atomic E-state index is -0.751. The molecule has 2 rings (SSSR count). The molecule has 0 atom stereocenters. The van der Waals surface area contributed by atoms with Crippen molar-refractivity contribution in [3.8, 4) is 0 Å². The molecule has 1 heterocycles. The minimum Gasteiger partial charge on any atom is -0.389 e. The molecule has 0 aliphatic carbocycles. The van der Waals surface area contributed by atoms with Crippen LogP contribution in [0.25, 0.3) is 10.1 Å². The van der Waals surface area contributed by atoms with Crippen LogP contribution in [0.1, 0.15) is 33.3 Å². The lowest BCUT2D eigenvalue weighted by Gasteiger charge is -2.38. The third kappa shape index (κ3) is 2.58. The summed E-state index contributed by atoms with van der Waals surface area (Å²) in [6.45, 7) is 8.52. The quantitative estimate of drug-likeness (QED) is 0.884. The number of aliphatic hydroxyl groups is 1. The normalized spacial score (nSPS) is 13.2. The van der Waals surface area contributed by atoms with Crippen molar-refractivity contribution >= 4 is 21.4 Å². The average molecular weight is 263 g/mol. The molecule has 98 valence electrons. The van der Waals surface area contributed by atoms with Crippen LogP contribution in [0.5, 0.6) is 0 Å². The van der Waals surface area contributed by atoms with E-state index in [4.69, 9.17) is 0 Å². The fraction of sp³-hybridized carbons (Fsp3) is 0.467. The Bertz CT molecular complexity index is 537. The second kappa shape index (κ2) is 4.65. The number of rotatable bonds is 4. The molecular weight excluding hydrogens is 242 g/mol. The first-order valence-corrected chi connectivity index (χ1v) is 7.12. The molecule has 0 aliphatic rings. The number of benzene rings is 1. The molecule has 2 N–H and O–H groups in total. The van der Waals surface area contributed by atoms with Crippen molar-refractivity contribution in [3.63, 3.8) is 0 Å². The standard InChI is InChI=1S/C15H21NOS/c1-14(2,15(3,4)17)16-9-11-10-18-13-8-6-5-7-12(11)13/h5-8,10,16-17H,9H2,1-4H3. The molecule has 0 radical (unpaired) electrons. The molecule has 0 saturated heterocycles. The van der Waals surface area contributed by atoms with Crippen molar-refractivity contribution in [2.24, 2.45) is 0 Å². The molecule has 1 aromatic carbocycles. The predicted octanol–water partition coefficient (Wildman–Crippen LogP) is 3.54. The zero-order valence-electron chi connectivity index (χ0n) is 11.4. The molecule has 2 nitrogen and oxygen atoms in total. The Kier molecular flexibility index (Phi) is 3.49. The maximum atomic E-state index is 10.1. The minimum absolute atomic E-state index is 0.323. The fourth-order valence-corrected chi connectivity index (χ4v) is 2.66. The fourth-order valence-electron chi connectivity index (χ4n) is 1.70. The van der Waals surface area contributed by atoms with Crippen molar-refractivity contribution in [1.82, 2.24) is 5.32 Å². The van der Waals surface area contributed by atoms with Gasteiger partial charge in [-0.1, -0.05) is 18.2 Å². The SMILES string of the molecule is CC(C)(O)C(C)(C)NCc1csc2ccccc12. The van der Waals surface area contributed by atoms with Crippen LogP contribution in [0.4, 0.5) is 0 Å². The Morgan fingerprint density at radius 2 is 1.83 bits per heavy atom. The Hall–Kier alpha value is -0.900. The molecular formula is C15H21NOS. The zero-order valence-corrected chi connectivity index (χ0v) is 12.3. The van der Waals surface area contributed by atoms with Crippen molar-refractivity contribution < 1.29 is 5.11 Å². The summed E-state index contributed by atoms with van der Waals surface area (Å²) in [7, 11) is 0. The lowest BCUT2D eigenvalue weighted by molar-refractivity contribution is -0.00525. The smallest absolute Gasteiger partial charge is 0.0767 e. The zero-order chi connectivity index (χ0) is 13.4. The maximum absolute atomic E-state index is 10.1. The van der Waals surface area contributed by atoms with Crippen LogP contribution in [-0.4, -0.2) is 16.2 Å². The number of nitrogens with one attached hydrogen (secondary N) is 1. The van der Waals surface area contributed by atoms with Gasteiger partial charge in [-0.2, -0.15) is 0 Å². The molecule has 18 heavy (non-hydrogen) atoms. The number of hydrogen-bond acceptors (Lipinski definition) is 3. The largest absolute Gasteiger partial charge is 0.389 e. The van der Waals surface area contributed by atoms with Crippen LogP contribution < -0.4 is 5.32 Å². The van der Waals surface area contributed by atoms with E-state index in [0.29, 0.717) is 0 Å². The van der Waals surface area contributed by atoms with Crippen LogP contribution in [0.15, 0.2) is 29.6 Å². The maximum Gasteiger partial charge on any atom is 0.0767 e. The lowest BCUT2D eigenvalue weighted by Crippen LogP contribution is -2.55. The third-order valence-corrected chi connectivity index (χ3v) is 4.82. The third-order valence-electron chi connectivity index (χ3n) is 3.81. The van der Waals surface area contributed by atoms with E-state index >= 15 is 0 Å². The van der Waals surface area contributed by atoms with Crippen molar-refractivity contribution in [1.29, 1.82) is 0 Å². The highest BCUT2D eigenvalue weighted by Crippen LogP contribution is 2.27. The van der Waals surface area contributed by atoms with E-state index in [0.717, 1.165) is 6.54 Å². The Labute approximate surface area is 113 Å². The molecule has 0 aliphatic heterocycles. The summed E-state index contributed by atoms with van der Waals surface area (Å²) in [5.41, 5.74) is 0.224. The van der Waals surface area contributed by atoms with Crippen molar-refractivity contribution in [2.75, 3.05) is 0 Å². The van der Waals surface area contributed by atoms with Crippen LogP contribution in [0.2, 0.25) is 0 Å². The summed E-state index contributed by atoms with van der Waals surface area (Å²) in [5, 5.41) is 17.1. The summed E-state index contributed by atoms with van der Waals surface area (Å²) in [4.78, 5) is 0. The van der Waals surface area contributed by atoms with E-state index in [1.54, 1.807) is 11.3 Å². The Morgan fingerprint density at radius 1 is 1.17 bits per heavy atom. The van der Waals surface area contributed by atoms with Gasteiger partial charge in [-0.3, -0.25) is 0 Å². The van der Waals surface area contributed by atoms with E-state index in [1.165, 1.54) is 15.6 Å². The average Bonchev–Trinajstić information content (AvgIpc) is 2.68. The molecule has 0 spiro atoms. The Balaban J connectivity index is 2.16. The molecule has 0 saturated carbocycles. The molecule has 0 fully saturated rings.